The highest BCUT2D eigenvalue weighted by Gasteiger charge is 2.43. The molecule has 8 heteroatoms. The van der Waals surface area contributed by atoms with Crippen molar-refractivity contribution in [2.45, 2.75) is 12.0 Å². The van der Waals surface area contributed by atoms with Gasteiger partial charge in [0.15, 0.2) is 23.0 Å². The van der Waals surface area contributed by atoms with Crippen LogP contribution in [0, 0.1) is 0 Å². The van der Waals surface area contributed by atoms with Crippen LogP contribution in [0.25, 0.3) is 6.08 Å². The Hall–Kier alpha value is -3.68. The van der Waals surface area contributed by atoms with Crippen molar-refractivity contribution < 1.29 is 38.0 Å². The van der Waals surface area contributed by atoms with Crippen molar-refractivity contribution in [1.82, 2.24) is 0 Å². The van der Waals surface area contributed by atoms with Crippen LogP contribution < -0.4 is 18.9 Å². The number of methoxy groups -OCH3 is 5. The third kappa shape index (κ3) is 4.28. The van der Waals surface area contributed by atoms with E-state index in [0.29, 0.717) is 39.7 Å². The fourth-order valence-electron chi connectivity index (χ4n) is 3.51. The number of benzene rings is 2. The third-order valence-corrected chi connectivity index (χ3v) is 5.01. The van der Waals surface area contributed by atoms with E-state index in [9.17, 15) is 9.59 Å². The molecule has 0 aliphatic carbocycles. The average molecular weight is 428 g/mol. The molecule has 0 spiro atoms. The molecule has 0 aromatic heterocycles. The van der Waals surface area contributed by atoms with Gasteiger partial charge >= 0.3 is 11.9 Å². The second kappa shape index (κ2) is 9.42. The highest BCUT2D eigenvalue weighted by atomic mass is 16.5. The Morgan fingerprint density at radius 1 is 0.871 bits per heavy atom. The Morgan fingerprint density at radius 2 is 1.58 bits per heavy atom. The molecule has 0 saturated heterocycles. The lowest BCUT2D eigenvalue weighted by Gasteiger charge is -2.19. The highest BCUT2D eigenvalue weighted by molar-refractivity contribution is 5.88. The second-order valence-electron chi connectivity index (χ2n) is 6.65. The van der Waals surface area contributed by atoms with Crippen LogP contribution in [-0.2, 0) is 19.1 Å². The second-order valence-corrected chi connectivity index (χ2v) is 6.65. The number of hydrogen-bond donors (Lipinski definition) is 0. The Bertz CT molecular complexity index is 1010. The first-order chi connectivity index (χ1) is 15.0. The Labute approximate surface area is 180 Å². The average Bonchev–Trinajstić information content (AvgIpc) is 3.20. The Morgan fingerprint density at radius 3 is 2.19 bits per heavy atom. The zero-order valence-corrected chi connectivity index (χ0v) is 18.0. The molecule has 0 saturated carbocycles. The summed E-state index contributed by atoms with van der Waals surface area (Å²) in [6, 6.07) is 8.79. The molecule has 1 heterocycles. The number of fused-ring (bicyclic) bond motifs is 1. The van der Waals surface area contributed by atoms with E-state index >= 15 is 0 Å². The topological polar surface area (TPSA) is 89.5 Å². The molecular weight excluding hydrogens is 404 g/mol. The van der Waals surface area contributed by atoms with Gasteiger partial charge in [-0.3, -0.25) is 4.79 Å². The number of ether oxygens (including phenoxy) is 6. The number of hydrogen-bond acceptors (Lipinski definition) is 8. The van der Waals surface area contributed by atoms with Crippen molar-refractivity contribution in [3.8, 4) is 23.0 Å². The molecule has 0 amide bonds. The summed E-state index contributed by atoms with van der Waals surface area (Å²) in [6.45, 7) is 0. The molecule has 2 aromatic rings. The van der Waals surface area contributed by atoms with Crippen LogP contribution in [0.1, 0.15) is 28.7 Å². The predicted octanol–water partition coefficient (Wildman–Crippen LogP) is 3.29. The molecule has 3 rings (SSSR count). The fraction of sp³-hybridized carbons (Fsp3) is 0.304. The quantitative estimate of drug-likeness (QED) is 0.490. The summed E-state index contributed by atoms with van der Waals surface area (Å²) in [4.78, 5) is 24.3. The lowest BCUT2D eigenvalue weighted by Crippen LogP contribution is -2.20. The van der Waals surface area contributed by atoms with E-state index in [1.54, 1.807) is 43.5 Å². The van der Waals surface area contributed by atoms with Gasteiger partial charge in [0, 0.05) is 11.6 Å². The van der Waals surface area contributed by atoms with Gasteiger partial charge in [-0.2, -0.15) is 0 Å². The van der Waals surface area contributed by atoms with Crippen molar-refractivity contribution >= 4 is 18.0 Å². The molecule has 0 fully saturated rings. The van der Waals surface area contributed by atoms with E-state index < -0.39 is 24.0 Å². The molecule has 0 unspecified atom stereocenters. The maximum atomic E-state index is 12.8. The Balaban J connectivity index is 2.10. The van der Waals surface area contributed by atoms with Crippen molar-refractivity contribution in [2.24, 2.45) is 0 Å². The summed E-state index contributed by atoms with van der Waals surface area (Å²) in [6.07, 6.45) is 2.19. The minimum Gasteiger partial charge on any atom is -0.493 e. The zero-order valence-electron chi connectivity index (χ0n) is 18.0. The van der Waals surface area contributed by atoms with Crippen LogP contribution in [-0.4, -0.2) is 47.5 Å². The highest BCUT2D eigenvalue weighted by Crippen LogP contribution is 2.52. The minimum absolute atomic E-state index is 0.430. The first-order valence-corrected chi connectivity index (χ1v) is 9.41. The van der Waals surface area contributed by atoms with E-state index in [4.69, 9.17) is 23.7 Å². The fourth-order valence-corrected chi connectivity index (χ4v) is 3.51. The molecule has 2 aromatic carbocycles. The van der Waals surface area contributed by atoms with Crippen molar-refractivity contribution in [1.29, 1.82) is 0 Å². The van der Waals surface area contributed by atoms with Crippen molar-refractivity contribution in [3.63, 3.8) is 0 Å². The van der Waals surface area contributed by atoms with Gasteiger partial charge in [0.2, 0.25) is 0 Å². The molecule has 164 valence electrons. The van der Waals surface area contributed by atoms with Crippen LogP contribution in [0.2, 0.25) is 0 Å². The summed E-state index contributed by atoms with van der Waals surface area (Å²) in [5.74, 6) is 0.226. The van der Waals surface area contributed by atoms with Crippen LogP contribution >= 0.6 is 0 Å². The molecular formula is C23H24O8. The van der Waals surface area contributed by atoms with E-state index in [-0.39, 0.29) is 0 Å². The zero-order chi connectivity index (χ0) is 22.5. The summed E-state index contributed by atoms with van der Waals surface area (Å²) in [7, 11) is 7.20. The molecule has 0 radical (unpaired) electrons. The summed E-state index contributed by atoms with van der Waals surface area (Å²) in [5, 5.41) is 0. The maximum absolute atomic E-state index is 12.8. The lowest BCUT2D eigenvalue weighted by molar-refractivity contribution is -0.144. The van der Waals surface area contributed by atoms with Crippen LogP contribution in [0.15, 0.2) is 36.4 Å². The van der Waals surface area contributed by atoms with Gasteiger partial charge in [0.1, 0.15) is 12.0 Å². The molecule has 2 atom stereocenters. The monoisotopic (exact) mass is 428 g/mol. The van der Waals surface area contributed by atoms with E-state index in [1.807, 2.05) is 0 Å². The van der Waals surface area contributed by atoms with Gasteiger partial charge in [0.05, 0.1) is 35.5 Å². The normalized spacial score (nSPS) is 16.9. The largest absolute Gasteiger partial charge is 0.493 e. The van der Waals surface area contributed by atoms with E-state index in [1.165, 1.54) is 34.5 Å². The van der Waals surface area contributed by atoms with Gasteiger partial charge in [-0.15, -0.1) is 0 Å². The third-order valence-electron chi connectivity index (χ3n) is 5.01. The first kappa shape index (κ1) is 22.0. The minimum atomic E-state index is -0.751. The molecule has 1 aliphatic rings. The van der Waals surface area contributed by atoms with Gasteiger partial charge in [0.25, 0.3) is 0 Å². The van der Waals surface area contributed by atoms with Crippen LogP contribution in [0.5, 0.6) is 23.0 Å². The number of carbonyl (C=O) groups excluding carboxylic acids is 2. The standard InChI is InChI=1S/C23H24O8/c1-26-16-8-7-14(12-17(16)27-2)21-20(23(25)30-5)15-10-13(6-9-19(24)29-4)11-18(28-3)22(15)31-21/h6-12,20-21H,1-5H3/b9-6+/t20-,21-/m1/s1. The van der Waals surface area contributed by atoms with Gasteiger partial charge in [-0.1, -0.05) is 6.07 Å². The Kier molecular flexibility index (Phi) is 6.69. The van der Waals surface area contributed by atoms with Crippen LogP contribution in [0.4, 0.5) is 0 Å². The first-order valence-electron chi connectivity index (χ1n) is 9.41. The summed E-state index contributed by atoms with van der Waals surface area (Å²) in [5.41, 5.74) is 1.94. The van der Waals surface area contributed by atoms with Crippen molar-refractivity contribution in [2.75, 3.05) is 35.5 Å². The maximum Gasteiger partial charge on any atom is 0.330 e. The smallest absolute Gasteiger partial charge is 0.330 e. The molecule has 0 N–H and O–H groups in total. The summed E-state index contributed by atoms with van der Waals surface area (Å²) >= 11 is 0. The number of carbonyl (C=O) groups is 2. The van der Waals surface area contributed by atoms with Gasteiger partial charge in [-0.25, -0.2) is 4.79 Å². The van der Waals surface area contributed by atoms with Crippen LogP contribution in [0.3, 0.4) is 0 Å². The summed E-state index contributed by atoms with van der Waals surface area (Å²) < 4.78 is 32.1. The van der Waals surface area contributed by atoms with Gasteiger partial charge < -0.3 is 28.4 Å². The molecule has 0 bridgehead atoms. The lowest BCUT2D eigenvalue weighted by atomic mass is 9.90. The molecule has 8 nitrogen and oxygen atoms in total. The van der Waals surface area contributed by atoms with Gasteiger partial charge in [-0.05, 0) is 41.5 Å². The van der Waals surface area contributed by atoms with E-state index in [0.717, 1.165) is 0 Å². The predicted molar refractivity (Wildman–Crippen MR) is 112 cm³/mol. The van der Waals surface area contributed by atoms with E-state index in [2.05, 4.69) is 4.74 Å². The molecule has 1 aliphatic heterocycles. The SMILES string of the molecule is COC(=O)/C=C/c1cc(OC)c2c(c1)[C@@H](C(=O)OC)[C@@H](c1ccc(OC)c(OC)c1)O2. The number of esters is 2. The molecule has 31 heavy (non-hydrogen) atoms. The van der Waals surface area contributed by atoms with Crippen molar-refractivity contribution in [3.05, 3.63) is 53.1 Å². The number of rotatable bonds is 7.